The van der Waals surface area contributed by atoms with E-state index in [0.29, 0.717) is 19.4 Å². The summed E-state index contributed by atoms with van der Waals surface area (Å²) in [6, 6.07) is 6.82. The maximum Gasteiger partial charge on any atom is 0.326 e. The molecule has 2 atom stereocenters. The van der Waals surface area contributed by atoms with Gasteiger partial charge in [-0.3, -0.25) is 4.79 Å². The van der Waals surface area contributed by atoms with Crippen molar-refractivity contribution in [3.8, 4) is 0 Å². The molecule has 1 aromatic rings. The Kier molecular flexibility index (Phi) is 4.74. The van der Waals surface area contributed by atoms with Crippen LogP contribution >= 0.6 is 0 Å². The molecule has 0 unspecified atom stereocenters. The first-order valence-corrected chi connectivity index (χ1v) is 6.95. The Bertz CT molecular complexity index is 502. The van der Waals surface area contributed by atoms with Gasteiger partial charge in [-0.25, -0.2) is 4.79 Å². The molecule has 1 aromatic carbocycles. The van der Waals surface area contributed by atoms with Crippen LogP contribution in [0.2, 0.25) is 0 Å². The number of aliphatic carboxylic acids is 1. The number of hydrogen-bond donors (Lipinski definition) is 3. The van der Waals surface area contributed by atoms with E-state index >= 15 is 0 Å². The second kappa shape index (κ2) is 6.52. The number of nitrogens with one attached hydrogen (secondary N) is 2. The van der Waals surface area contributed by atoms with E-state index in [9.17, 15) is 9.59 Å². The summed E-state index contributed by atoms with van der Waals surface area (Å²) in [7, 11) is 0. The Morgan fingerprint density at radius 2 is 2.10 bits per heavy atom. The van der Waals surface area contributed by atoms with E-state index < -0.39 is 12.0 Å². The summed E-state index contributed by atoms with van der Waals surface area (Å²) in [5, 5.41) is 14.8. The van der Waals surface area contributed by atoms with Gasteiger partial charge in [-0.1, -0.05) is 37.6 Å². The van der Waals surface area contributed by atoms with E-state index in [2.05, 4.69) is 10.6 Å². The third-order valence-electron chi connectivity index (χ3n) is 3.59. The lowest BCUT2D eigenvalue weighted by atomic mass is 9.95. The molecule has 3 N–H and O–H groups in total. The average molecular weight is 276 g/mol. The van der Waals surface area contributed by atoms with Crippen molar-refractivity contribution < 1.29 is 14.7 Å². The van der Waals surface area contributed by atoms with Crippen molar-refractivity contribution in [3.05, 3.63) is 35.4 Å². The lowest BCUT2D eigenvalue weighted by molar-refractivity contribution is -0.142. The van der Waals surface area contributed by atoms with Gasteiger partial charge in [0, 0.05) is 6.54 Å². The van der Waals surface area contributed by atoms with Crippen molar-refractivity contribution in [1.82, 2.24) is 10.6 Å². The zero-order chi connectivity index (χ0) is 14.5. The Balaban J connectivity index is 1.99. The van der Waals surface area contributed by atoms with Gasteiger partial charge in [-0.2, -0.15) is 0 Å². The molecule has 20 heavy (non-hydrogen) atoms. The molecule has 0 aliphatic carbocycles. The fourth-order valence-corrected chi connectivity index (χ4v) is 2.46. The largest absolute Gasteiger partial charge is 0.480 e. The zero-order valence-electron chi connectivity index (χ0n) is 11.6. The lowest BCUT2D eigenvalue weighted by Crippen LogP contribution is -2.52. The third-order valence-corrected chi connectivity index (χ3v) is 3.59. The highest BCUT2D eigenvalue weighted by Crippen LogP contribution is 2.16. The van der Waals surface area contributed by atoms with E-state index in [1.54, 1.807) is 0 Å². The van der Waals surface area contributed by atoms with Crippen LogP contribution < -0.4 is 10.6 Å². The maximum atomic E-state index is 12.2. The van der Waals surface area contributed by atoms with Gasteiger partial charge in [-0.05, 0) is 24.0 Å². The molecular formula is C15H20N2O3. The summed E-state index contributed by atoms with van der Waals surface area (Å²) in [6.45, 7) is 2.54. The number of fused-ring (bicyclic) bond motifs is 1. The minimum absolute atomic E-state index is 0.236. The number of rotatable bonds is 5. The van der Waals surface area contributed by atoms with E-state index in [4.69, 9.17) is 5.11 Å². The third kappa shape index (κ3) is 3.36. The molecule has 0 saturated heterocycles. The fraction of sp³-hybridized carbons (Fsp3) is 0.467. The first-order valence-electron chi connectivity index (χ1n) is 6.95. The molecule has 1 aliphatic rings. The Labute approximate surface area is 118 Å². The minimum Gasteiger partial charge on any atom is -0.480 e. The number of carbonyl (C=O) groups excluding carboxylic acids is 1. The molecule has 0 spiro atoms. The minimum atomic E-state index is -0.976. The lowest BCUT2D eigenvalue weighted by Gasteiger charge is -2.26. The fourth-order valence-electron chi connectivity index (χ4n) is 2.46. The van der Waals surface area contributed by atoms with Crippen LogP contribution in [0.25, 0.3) is 0 Å². The predicted molar refractivity (Wildman–Crippen MR) is 75.2 cm³/mol. The van der Waals surface area contributed by atoms with Gasteiger partial charge in [-0.15, -0.1) is 0 Å². The van der Waals surface area contributed by atoms with Gasteiger partial charge < -0.3 is 15.7 Å². The van der Waals surface area contributed by atoms with Crippen molar-refractivity contribution >= 4 is 11.9 Å². The van der Waals surface area contributed by atoms with Gasteiger partial charge in [0.1, 0.15) is 6.04 Å². The molecule has 5 nitrogen and oxygen atoms in total. The summed E-state index contributed by atoms with van der Waals surface area (Å²) >= 11 is 0. The number of amides is 1. The van der Waals surface area contributed by atoms with Crippen LogP contribution in [0, 0.1) is 0 Å². The van der Waals surface area contributed by atoms with Crippen molar-refractivity contribution in [2.24, 2.45) is 0 Å². The van der Waals surface area contributed by atoms with Gasteiger partial charge in [0.25, 0.3) is 0 Å². The van der Waals surface area contributed by atoms with E-state index in [1.165, 1.54) is 5.56 Å². The molecule has 0 radical (unpaired) electrons. The van der Waals surface area contributed by atoms with Crippen molar-refractivity contribution in [2.45, 2.75) is 44.8 Å². The molecular weight excluding hydrogens is 256 g/mol. The standard InChI is InChI=1S/C15H20N2O3/c1-2-5-12(15(19)20)17-14(18)13-8-10-6-3-4-7-11(10)9-16-13/h3-4,6-7,12-13,16H,2,5,8-9H2,1H3,(H,17,18)(H,19,20)/t12-,13+/m1/s1. The monoisotopic (exact) mass is 276 g/mol. The number of benzene rings is 1. The van der Waals surface area contributed by atoms with Crippen molar-refractivity contribution in [1.29, 1.82) is 0 Å². The van der Waals surface area contributed by atoms with Gasteiger partial charge in [0.05, 0.1) is 6.04 Å². The van der Waals surface area contributed by atoms with Crippen LogP contribution in [0.5, 0.6) is 0 Å². The second-order valence-corrected chi connectivity index (χ2v) is 5.09. The van der Waals surface area contributed by atoms with Crippen LogP contribution in [-0.4, -0.2) is 29.1 Å². The maximum absolute atomic E-state index is 12.2. The Morgan fingerprint density at radius 1 is 1.40 bits per heavy atom. The number of hydrogen-bond acceptors (Lipinski definition) is 3. The topological polar surface area (TPSA) is 78.4 Å². The SMILES string of the molecule is CCC[C@@H](NC(=O)[C@@H]1Cc2ccccc2CN1)C(=O)O. The molecule has 0 bridgehead atoms. The summed E-state index contributed by atoms with van der Waals surface area (Å²) in [6.07, 6.45) is 1.77. The second-order valence-electron chi connectivity index (χ2n) is 5.09. The highest BCUT2D eigenvalue weighted by atomic mass is 16.4. The average Bonchev–Trinajstić information content (AvgIpc) is 2.46. The van der Waals surface area contributed by atoms with Crippen molar-refractivity contribution in [3.63, 3.8) is 0 Å². The molecule has 1 amide bonds. The van der Waals surface area contributed by atoms with Gasteiger partial charge in [0.2, 0.25) is 5.91 Å². The highest BCUT2D eigenvalue weighted by molar-refractivity contribution is 5.87. The zero-order valence-corrected chi connectivity index (χ0v) is 11.6. The molecule has 0 saturated carbocycles. The van der Waals surface area contributed by atoms with Crippen LogP contribution in [-0.2, 0) is 22.6 Å². The van der Waals surface area contributed by atoms with E-state index in [1.807, 2.05) is 31.2 Å². The molecule has 0 fully saturated rings. The number of carboxylic acids is 1. The predicted octanol–water partition coefficient (Wildman–Crippen LogP) is 1.07. The summed E-state index contributed by atoms with van der Waals surface area (Å²) < 4.78 is 0. The molecule has 5 heteroatoms. The van der Waals surface area contributed by atoms with Gasteiger partial charge in [0.15, 0.2) is 0 Å². The number of carbonyl (C=O) groups is 2. The molecule has 1 aliphatic heterocycles. The van der Waals surface area contributed by atoms with Crippen molar-refractivity contribution in [2.75, 3.05) is 0 Å². The first-order chi connectivity index (χ1) is 9.61. The highest BCUT2D eigenvalue weighted by Gasteiger charge is 2.27. The van der Waals surface area contributed by atoms with E-state index in [-0.39, 0.29) is 11.9 Å². The van der Waals surface area contributed by atoms with Crippen LogP contribution in [0.4, 0.5) is 0 Å². The molecule has 1 heterocycles. The van der Waals surface area contributed by atoms with Crippen LogP contribution in [0.1, 0.15) is 30.9 Å². The Morgan fingerprint density at radius 3 is 2.75 bits per heavy atom. The molecule has 0 aromatic heterocycles. The number of carboxylic acid groups (broad SMARTS) is 1. The Hall–Kier alpha value is -1.88. The summed E-state index contributed by atoms with van der Waals surface area (Å²) in [4.78, 5) is 23.2. The molecule has 108 valence electrons. The smallest absolute Gasteiger partial charge is 0.326 e. The molecule has 2 rings (SSSR count). The normalized spacial score (nSPS) is 18.9. The summed E-state index contributed by atoms with van der Waals surface area (Å²) in [5.41, 5.74) is 2.34. The van der Waals surface area contributed by atoms with Gasteiger partial charge >= 0.3 is 5.97 Å². The first kappa shape index (κ1) is 14.5. The van der Waals surface area contributed by atoms with Crippen LogP contribution in [0.15, 0.2) is 24.3 Å². The van der Waals surface area contributed by atoms with Crippen LogP contribution in [0.3, 0.4) is 0 Å². The quantitative estimate of drug-likeness (QED) is 0.751. The van der Waals surface area contributed by atoms with E-state index in [0.717, 1.165) is 12.0 Å². The summed E-state index contributed by atoms with van der Waals surface area (Å²) in [5.74, 6) is -1.21.